The molecular weight excluding hydrogens is 168 g/mol. The van der Waals surface area contributed by atoms with Gasteiger partial charge in [0.05, 0.1) is 12.0 Å². The van der Waals surface area contributed by atoms with E-state index in [0.717, 1.165) is 25.9 Å². The number of nitrogen functional groups attached to an aromatic ring is 1. The minimum atomic E-state index is -0.0833. The summed E-state index contributed by atoms with van der Waals surface area (Å²) in [4.78, 5) is 13.5. The van der Waals surface area contributed by atoms with E-state index < -0.39 is 0 Å². The summed E-state index contributed by atoms with van der Waals surface area (Å²) in [5.74, 6) is 0.196. The van der Waals surface area contributed by atoms with Crippen LogP contribution in [0.1, 0.15) is 23.4 Å². The zero-order valence-corrected chi connectivity index (χ0v) is 7.32. The molecule has 1 aromatic heterocycles. The third kappa shape index (κ3) is 1.39. The molecule has 0 saturated carbocycles. The van der Waals surface area contributed by atoms with Crippen LogP contribution in [0.5, 0.6) is 0 Å². The zero-order valence-electron chi connectivity index (χ0n) is 7.32. The number of hydrogen-bond donors (Lipinski definition) is 1. The number of amides is 1. The number of carbonyl (C=O) groups excluding carboxylic acids is 1. The van der Waals surface area contributed by atoms with Crippen molar-refractivity contribution < 1.29 is 9.21 Å². The number of rotatable bonds is 1. The van der Waals surface area contributed by atoms with Gasteiger partial charge >= 0.3 is 0 Å². The molecule has 4 nitrogen and oxygen atoms in total. The van der Waals surface area contributed by atoms with E-state index >= 15 is 0 Å². The molecule has 1 saturated heterocycles. The normalized spacial score (nSPS) is 16.5. The number of carbonyl (C=O) groups is 1. The minimum absolute atomic E-state index is 0.0833. The molecule has 70 valence electrons. The molecule has 0 unspecified atom stereocenters. The first-order chi connectivity index (χ1) is 6.29. The molecule has 13 heavy (non-hydrogen) atoms. The van der Waals surface area contributed by atoms with Gasteiger partial charge in [-0.15, -0.1) is 0 Å². The fourth-order valence-electron chi connectivity index (χ4n) is 1.56. The van der Waals surface area contributed by atoms with Gasteiger partial charge in [-0.2, -0.15) is 0 Å². The minimum Gasteiger partial charge on any atom is -0.457 e. The van der Waals surface area contributed by atoms with Crippen LogP contribution >= 0.6 is 0 Å². The van der Waals surface area contributed by atoms with Crippen molar-refractivity contribution in [2.75, 3.05) is 18.8 Å². The molecule has 2 rings (SSSR count). The van der Waals surface area contributed by atoms with Gasteiger partial charge in [0.15, 0.2) is 0 Å². The van der Waals surface area contributed by atoms with Crippen molar-refractivity contribution in [1.29, 1.82) is 0 Å². The highest BCUT2D eigenvalue weighted by atomic mass is 16.3. The van der Waals surface area contributed by atoms with Gasteiger partial charge in [0.2, 0.25) is 5.76 Å². The first-order valence-corrected chi connectivity index (χ1v) is 4.41. The Morgan fingerprint density at radius 2 is 2.15 bits per heavy atom. The number of likely N-dealkylation sites (tertiary alicyclic amines) is 1. The number of hydrogen-bond acceptors (Lipinski definition) is 3. The molecule has 1 aliphatic rings. The van der Waals surface area contributed by atoms with E-state index in [0.29, 0.717) is 5.69 Å². The maximum absolute atomic E-state index is 11.7. The van der Waals surface area contributed by atoms with Crippen molar-refractivity contribution in [3.63, 3.8) is 0 Å². The average molecular weight is 180 g/mol. The van der Waals surface area contributed by atoms with E-state index in [1.807, 2.05) is 0 Å². The summed E-state index contributed by atoms with van der Waals surface area (Å²) in [7, 11) is 0. The topological polar surface area (TPSA) is 59.5 Å². The van der Waals surface area contributed by atoms with Crippen LogP contribution in [0.4, 0.5) is 5.69 Å². The van der Waals surface area contributed by atoms with Crippen molar-refractivity contribution in [2.24, 2.45) is 0 Å². The van der Waals surface area contributed by atoms with Crippen molar-refractivity contribution in [3.05, 3.63) is 18.1 Å². The molecule has 0 spiro atoms. The lowest BCUT2D eigenvalue weighted by molar-refractivity contribution is 0.0762. The van der Waals surface area contributed by atoms with Gasteiger partial charge in [0.25, 0.3) is 5.91 Å². The lowest BCUT2D eigenvalue weighted by Gasteiger charge is -2.13. The molecule has 2 heterocycles. The Morgan fingerprint density at radius 3 is 2.69 bits per heavy atom. The second-order valence-corrected chi connectivity index (χ2v) is 3.20. The van der Waals surface area contributed by atoms with E-state index in [-0.39, 0.29) is 11.7 Å². The van der Waals surface area contributed by atoms with Crippen molar-refractivity contribution >= 4 is 11.6 Å². The Morgan fingerprint density at radius 1 is 1.46 bits per heavy atom. The average Bonchev–Trinajstić information content (AvgIpc) is 2.72. The van der Waals surface area contributed by atoms with Crippen molar-refractivity contribution in [2.45, 2.75) is 12.8 Å². The quantitative estimate of drug-likeness (QED) is 0.704. The Bertz CT molecular complexity index is 313. The van der Waals surface area contributed by atoms with Gasteiger partial charge in [-0.25, -0.2) is 0 Å². The van der Waals surface area contributed by atoms with E-state index in [1.165, 1.54) is 6.26 Å². The molecular formula is C9H12N2O2. The highest BCUT2D eigenvalue weighted by molar-refractivity contribution is 5.96. The summed E-state index contributed by atoms with van der Waals surface area (Å²) in [5, 5.41) is 0. The van der Waals surface area contributed by atoms with Crippen LogP contribution in [0.2, 0.25) is 0 Å². The standard InChI is InChI=1S/C9H12N2O2/c10-7-3-6-13-8(7)9(12)11-4-1-2-5-11/h3,6H,1-2,4-5,10H2. The van der Waals surface area contributed by atoms with Crippen LogP contribution in [0.3, 0.4) is 0 Å². The molecule has 1 amide bonds. The molecule has 0 atom stereocenters. The molecule has 0 radical (unpaired) electrons. The SMILES string of the molecule is Nc1ccoc1C(=O)N1CCCC1. The lowest BCUT2D eigenvalue weighted by Crippen LogP contribution is -2.27. The summed E-state index contributed by atoms with van der Waals surface area (Å²) in [6, 6.07) is 1.60. The maximum Gasteiger partial charge on any atom is 0.291 e. The smallest absolute Gasteiger partial charge is 0.291 e. The third-order valence-electron chi connectivity index (χ3n) is 2.28. The van der Waals surface area contributed by atoms with Gasteiger partial charge in [-0.1, -0.05) is 0 Å². The van der Waals surface area contributed by atoms with Crippen LogP contribution in [-0.4, -0.2) is 23.9 Å². The van der Waals surface area contributed by atoms with Gasteiger partial charge in [-0.05, 0) is 12.8 Å². The van der Waals surface area contributed by atoms with Crippen LogP contribution in [0.15, 0.2) is 16.7 Å². The Labute approximate surface area is 76.3 Å². The number of anilines is 1. The predicted octanol–water partition coefficient (Wildman–Crippen LogP) is 1.10. The highest BCUT2D eigenvalue weighted by Gasteiger charge is 2.23. The summed E-state index contributed by atoms with van der Waals surface area (Å²) in [5.41, 5.74) is 6.00. The molecule has 0 aliphatic carbocycles. The molecule has 1 aromatic rings. The molecule has 1 fully saturated rings. The van der Waals surface area contributed by atoms with Crippen LogP contribution in [0, 0.1) is 0 Å². The summed E-state index contributed by atoms with van der Waals surface area (Å²) in [6.45, 7) is 1.64. The largest absolute Gasteiger partial charge is 0.457 e. The van der Waals surface area contributed by atoms with Gasteiger partial charge < -0.3 is 15.1 Å². The fourth-order valence-corrected chi connectivity index (χ4v) is 1.56. The Kier molecular flexibility index (Phi) is 1.96. The predicted molar refractivity (Wildman–Crippen MR) is 48.3 cm³/mol. The summed E-state index contributed by atoms with van der Waals surface area (Å²) in [6.07, 6.45) is 3.59. The summed E-state index contributed by atoms with van der Waals surface area (Å²) >= 11 is 0. The first-order valence-electron chi connectivity index (χ1n) is 4.41. The number of nitrogens with zero attached hydrogens (tertiary/aromatic N) is 1. The Hall–Kier alpha value is -1.45. The zero-order chi connectivity index (χ0) is 9.26. The summed E-state index contributed by atoms with van der Waals surface area (Å²) < 4.78 is 5.02. The second kappa shape index (κ2) is 3.12. The lowest BCUT2D eigenvalue weighted by atomic mass is 10.3. The molecule has 4 heteroatoms. The molecule has 0 bridgehead atoms. The van der Waals surface area contributed by atoms with E-state index in [2.05, 4.69) is 0 Å². The monoisotopic (exact) mass is 180 g/mol. The molecule has 0 aromatic carbocycles. The Balaban J connectivity index is 2.17. The van der Waals surface area contributed by atoms with Gasteiger partial charge in [-0.3, -0.25) is 4.79 Å². The first kappa shape index (κ1) is 8.16. The van der Waals surface area contributed by atoms with E-state index in [1.54, 1.807) is 11.0 Å². The molecule has 2 N–H and O–H groups in total. The van der Waals surface area contributed by atoms with Crippen molar-refractivity contribution in [3.8, 4) is 0 Å². The van der Waals surface area contributed by atoms with Crippen molar-refractivity contribution in [1.82, 2.24) is 4.90 Å². The van der Waals surface area contributed by atoms with Crippen LogP contribution in [-0.2, 0) is 0 Å². The van der Waals surface area contributed by atoms with E-state index in [9.17, 15) is 4.79 Å². The fraction of sp³-hybridized carbons (Fsp3) is 0.444. The maximum atomic E-state index is 11.7. The number of nitrogens with two attached hydrogens (primary N) is 1. The van der Waals surface area contributed by atoms with Crippen LogP contribution < -0.4 is 5.73 Å². The third-order valence-corrected chi connectivity index (χ3v) is 2.28. The number of furan rings is 1. The highest BCUT2D eigenvalue weighted by Crippen LogP contribution is 2.18. The molecule has 1 aliphatic heterocycles. The van der Waals surface area contributed by atoms with Gasteiger partial charge in [0, 0.05) is 19.2 Å². The van der Waals surface area contributed by atoms with Gasteiger partial charge in [0.1, 0.15) is 0 Å². The van der Waals surface area contributed by atoms with E-state index in [4.69, 9.17) is 10.2 Å². The second-order valence-electron chi connectivity index (χ2n) is 3.20. The van der Waals surface area contributed by atoms with Crippen LogP contribution in [0.25, 0.3) is 0 Å².